The van der Waals surface area contributed by atoms with Gasteiger partial charge < -0.3 is 0 Å². The highest BCUT2D eigenvalue weighted by Gasteiger charge is 1.96. The van der Waals surface area contributed by atoms with E-state index in [1.165, 1.54) is 0 Å². The third-order valence-corrected chi connectivity index (χ3v) is 1.62. The number of rotatable bonds is 1. The average Bonchev–Trinajstić information content (AvgIpc) is 1.90. The molecular formula is C7H7ClS. The summed E-state index contributed by atoms with van der Waals surface area (Å²) in [5.74, 6) is 0. The Morgan fingerprint density at radius 2 is 1.78 bits per heavy atom. The second kappa shape index (κ2) is 3.14. The Bertz CT molecular complexity index is 172. The molecule has 0 aliphatic carbocycles. The van der Waals surface area contributed by atoms with Crippen LogP contribution in [0.25, 0.3) is 0 Å². The van der Waals surface area contributed by atoms with Crippen LogP contribution in [0.1, 0.15) is 10.3 Å². The largest absolute Gasteiger partial charge is 0.155 e. The summed E-state index contributed by atoms with van der Waals surface area (Å²) in [6, 6.07) is 9.74. The summed E-state index contributed by atoms with van der Waals surface area (Å²) in [5.41, 5.74) is 1.04. The van der Waals surface area contributed by atoms with Gasteiger partial charge in [0.2, 0.25) is 0 Å². The first-order valence-electron chi connectivity index (χ1n) is 2.68. The van der Waals surface area contributed by atoms with E-state index in [9.17, 15) is 0 Å². The van der Waals surface area contributed by atoms with Gasteiger partial charge in [0.1, 0.15) is 4.71 Å². The van der Waals surface area contributed by atoms with Crippen LogP contribution >= 0.6 is 24.2 Å². The summed E-state index contributed by atoms with van der Waals surface area (Å²) >= 11 is 9.72. The number of halogens is 1. The van der Waals surface area contributed by atoms with Gasteiger partial charge in [0, 0.05) is 0 Å². The Balaban J connectivity index is 2.85. The van der Waals surface area contributed by atoms with E-state index >= 15 is 0 Å². The molecule has 0 aliphatic rings. The number of thiol groups is 1. The smallest absolute Gasteiger partial charge is 0.101 e. The van der Waals surface area contributed by atoms with Gasteiger partial charge in [-0.15, -0.1) is 11.6 Å². The van der Waals surface area contributed by atoms with Crippen molar-refractivity contribution in [2.45, 2.75) is 4.71 Å². The minimum atomic E-state index is -0.175. The van der Waals surface area contributed by atoms with Crippen molar-refractivity contribution in [1.29, 1.82) is 0 Å². The van der Waals surface area contributed by atoms with Crippen LogP contribution < -0.4 is 0 Å². The molecule has 0 radical (unpaired) electrons. The predicted molar refractivity (Wildman–Crippen MR) is 44.0 cm³/mol. The van der Waals surface area contributed by atoms with Crippen molar-refractivity contribution in [1.82, 2.24) is 0 Å². The molecule has 1 aromatic rings. The van der Waals surface area contributed by atoms with Gasteiger partial charge in [0.25, 0.3) is 0 Å². The van der Waals surface area contributed by atoms with Crippen molar-refractivity contribution in [3.63, 3.8) is 0 Å². The van der Waals surface area contributed by atoms with E-state index in [1.807, 2.05) is 30.3 Å². The van der Waals surface area contributed by atoms with Crippen molar-refractivity contribution in [3.8, 4) is 0 Å². The fourth-order valence-electron chi connectivity index (χ4n) is 0.612. The highest BCUT2D eigenvalue weighted by Crippen LogP contribution is 2.22. The Morgan fingerprint density at radius 1 is 1.22 bits per heavy atom. The number of benzene rings is 1. The van der Waals surface area contributed by atoms with Crippen molar-refractivity contribution in [3.05, 3.63) is 35.9 Å². The Kier molecular flexibility index (Phi) is 2.43. The van der Waals surface area contributed by atoms with Crippen LogP contribution in [0.3, 0.4) is 0 Å². The lowest BCUT2D eigenvalue weighted by atomic mass is 10.2. The highest BCUT2D eigenvalue weighted by molar-refractivity contribution is 7.81. The van der Waals surface area contributed by atoms with Gasteiger partial charge in [0.05, 0.1) is 0 Å². The fraction of sp³-hybridized carbons (Fsp3) is 0.143. The van der Waals surface area contributed by atoms with Crippen LogP contribution in [-0.4, -0.2) is 0 Å². The summed E-state index contributed by atoms with van der Waals surface area (Å²) in [4.78, 5) is 0. The molecule has 0 saturated heterocycles. The number of alkyl halides is 1. The quantitative estimate of drug-likeness (QED) is 0.472. The van der Waals surface area contributed by atoms with Crippen molar-refractivity contribution >= 4 is 24.2 Å². The average molecular weight is 159 g/mol. The molecule has 0 spiro atoms. The molecule has 0 aromatic heterocycles. The minimum Gasteiger partial charge on any atom is -0.155 e. The molecule has 0 nitrogen and oxygen atoms in total. The molecule has 1 unspecified atom stereocenters. The number of hydrogen-bond acceptors (Lipinski definition) is 1. The molecule has 0 N–H and O–H groups in total. The third-order valence-electron chi connectivity index (χ3n) is 1.07. The molecule has 0 heterocycles. The Labute approximate surface area is 65.3 Å². The second-order valence-corrected chi connectivity index (χ2v) is 3.00. The predicted octanol–water partition coefficient (Wildman–Crippen LogP) is 2.85. The lowest BCUT2D eigenvalue weighted by molar-refractivity contribution is 1.38. The van der Waals surface area contributed by atoms with Crippen LogP contribution in [0.5, 0.6) is 0 Å². The van der Waals surface area contributed by atoms with E-state index in [0.717, 1.165) is 5.56 Å². The molecule has 2 heteroatoms. The molecule has 1 atom stereocenters. The van der Waals surface area contributed by atoms with Gasteiger partial charge in [-0.2, -0.15) is 12.6 Å². The molecule has 0 fully saturated rings. The Morgan fingerprint density at radius 3 is 2.11 bits per heavy atom. The molecule has 1 rings (SSSR count). The minimum absolute atomic E-state index is 0.175. The van der Waals surface area contributed by atoms with Crippen LogP contribution in [0.15, 0.2) is 30.3 Å². The molecule has 0 bridgehead atoms. The monoisotopic (exact) mass is 158 g/mol. The normalized spacial score (nSPS) is 13.1. The van der Waals surface area contributed by atoms with Crippen LogP contribution in [-0.2, 0) is 0 Å². The highest BCUT2D eigenvalue weighted by atomic mass is 35.5. The van der Waals surface area contributed by atoms with Crippen LogP contribution in [0, 0.1) is 0 Å². The van der Waals surface area contributed by atoms with Gasteiger partial charge in [0.15, 0.2) is 0 Å². The lowest BCUT2D eigenvalue weighted by Gasteiger charge is -1.98. The number of hydrogen-bond donors (Lipinski definition) is 1. The zero-order chi connectivity index (χ0) is 6.69. The molecule has 0 amide bonds. The molecule has 48 valence electrons. The van der Waals surface area contributed by atoms with Gasteiger partial charge in [-0.1, -0.05) is 30.3 Å². The standard InChI is InChI=1S/C7H7ClS/c8-7(9)6-4-2-1-3-5-6/h1-5,7,9H. The van der Waals surface area contributed by atoms with Crippen LogP contribution in [0.4, 0.5) is 0 Å². The summed E-state index contributed by atoms with van der Waals surface area (Å²) in [6.45, 7) is 0. The van der Waals surface area contributed by atoms with E-state index in [2.05, 4.69) is 12.6 Å². The van der Waals surface area contributed by atoms with Gasteiger partial charge in [-0.25, -0.2) is 0 Å². The molecule has 0 aliphatic heterocycles. The topological polar surface area (TPSA) is 0 Å². The maximum atomic E-state index is 5.67. The fourth-order valence-corrected chi connectivity index (χ4v) is 0.929. The second-order valence-electron chi connectivity index (χ2n) is 1.75. The summed E-state index contributed by atoms with van der Waals surface area (Å²) in [7, 11) is 0. The molecule has 0 saturated carbocycles. The van der Waals surface area contributed by atoms with Gasteiger partial charge in [-0.3, -0.25) is 0 Å². The molecule has 1 aromatic carbocycles. The first-order valence-corrected chi connectivity index (χ1v) is 3.63. The van der Waals surface area contributed by atoms with E-state index in [0.29, 0.717) is 0 Å². The van der Waals surface area contributed by atoms with Crippen molar-refractivity contribution in [2.75, 3.05) is 0 Å². The van der Waals surface area contributed by atoms with E-state index in [-0.39, 0.29) is 4.71 Å². The van der Waals surface area contributed by atoms with Crippen molar-refractivity contribution < 1.29 is 0 Å². The first-order chi connectivity index (χ1) is 4.30. The maximum absolute atomic E-state index is 5.67. The first kappa shape index (κ1) is 6.97. The summed E-state index contributed by atoms with van der Waals surface area (Å²) in [5, 5.41) is 0. The van der Waals surface area contributed by atoms with E-state index in [4.69, 9.17) is 11.6 Å². The zero-order valence-electron chi connectivity index (χ0n) is 4.79. The molecule has 9 heavy (non-hydrogen) atoms. The summed E-state index contributed by atoms with van der Waals surface area (Å²) in [6.07, 6.45) is 0. The van der Waals surface area contributed by atoms with Gasteiger partial charge in [-0.05, 0) is 5.56 Å². The maximum Gasteiger partial charge on any atom is 0.101 e. The third kappa shape index (κ3) is 1.92. The van der Waals surface area contributed by atoms with E-state index in [1.54, 1.807) is 0 Å². The zero-order valence-corrected chi connectivity index (χ0v) is 6.44. The Hall–Kier alpha value is -0.140. The lowest BCUT2D eigenvalue weighted by Crippen LogP contribution is -1.77. The van der Waals surface area contributed by atoms with Gasteiger partial charge >= 0.3 is 0 Å². The van der Waals surface area contributed by atoms with Crippen LogP contribution in [0.2, 0.25) is 0 Å². The summed E-state index contributed by atoms with van der Waals surface area (Å²) < 4.78 is -0.175. The van der Waals surface area contributed by atoms with Crippen molar-refractivity contribution in [2.24, 2.45) is 0 Å². The van der Waals surface area contributed by atoms with E-state index < -0.39 is 0 Å². The SMILES string of the molecule is SC(Cl)c1ccccc1. The molecular weight excluding hydrogens is 152 g/mol.